The molecule has 0 aliphatic rings. The quantitative estimate of drug-likeness (QED) is 0.597. The number of aryl methyl sites for hydroxylation is 1. The Morgan fingerprint density at radius 3 is 2.62 bits per heavy atom. The van der Waals surface area contributed by atoms with Gasteiger partial charge in [0.05, 0.1) is 7.21 Å². The predicted octanol–water partition coefficient (Wildman–Crippen LogP) is 1.55. The van der Waals surface area contributed by atoms with Gasteiger partial charge in [-0.15, -0.1) is 0 Å². The van der Waals surface area contributed by atoms with Crippen LogP contribution >= 0.6 is 15.9 Å². The molecule has 0 saturated heterocycles. The molecule has 0 amide bonds. The van der Waals surface area contributed by atoms with Crippen LogP contribution in [0.2, 0.25) is 0 Å². The van der Waals surface area contributed by atoms with E-state index in [4.69, 9.17) is 2.74 Å². The van der Waals surface area contributed by atoms with Gasteiger partial charge in [-0.25, -0.2) is 9.97 Å². The second-order valence-electron chi connectivity index (χ2n) is 1.31. The number of rotatable bonds is 0. The Bertz CT molecular complexity index is 241. The molecule has 0 N–H and O–H groups in total. The molecule has 0 aliphatic carbocycles. The Balaban J connectivity index is 3.31. The van der Waals surface area contributed by atoms with Gasteiger partial charge in [-0.05, 0) is 22.9 Å². The topological polar surface area (TPSA) is 25.8 Å². The van der Waals surface area contributed by atoms with E-state index in [0.717, 1.165) is 0 Å². The molecule has 0 spiro atoms. The first kappa shape index (κ1) is 3.56. The third kappa shape index (κ3) is 1.26. The van der Waals surface area contributed by atoms with Crippen LogP contribution in [0.3, 0.4) is 0 Å². The fourth-order valence-corrected chi connectivity index (χ4v) is 0.487. The van der Waals surface area contributed by atoms with Crippen LogP contribution in [-0.2, 0) is 0 Å². The first-order valence-electron chi connectivity index (χ1n) is 3.08. The SMILES string of the molecule is [2H]c1nc(C)nc([2H])c1Br. The van der Waals surface area contributed by atoms with E-state index >= 15 is 0 Å². The largest absolute Gasteiger partial charge is 0.241 e. The van der Waals surface area contributed by atoms with Crippen LogP contribution in [0.25, 0.3) is 0 Å². The molecule has 0 saturated carbocycles. The van der Waals surface area contributed by atoms with Crippen molar-refractivity contribution >= 4 is 15.9 Å². The molecule has 1 aromatic heterocycles. The van der Waals surface area contributed by atoms with Crippen molar-refractivity contribution in [3.05, 3.63) is 22.6 Å². The Morgan fingerprint density at radius 1 is 1.62 bits per heavy atom. The summed E-state index contributed by atoms with van der Waals surface area (Å²) in [6.45, 7) is 1.66. The monoisotopic (exact) mass is 174 g/mol. The van der Waals surface area contributed by atoms with Gasteiger partial charge in [0.1, 0.15) is 5.82 Å². The van der Waals surface area contributed by atoms with E-state index < -0.39 is 0 Å². The molecule has 2 nitrogen and oxygen atoms in total. The summed E-state index contributed by atoms with van der Waals surface area (Å²) in [5, 5.41) is 0. The van der Waals surface area contributed by atoms with Crippen LogP contribution in [-0.4, -0.2) is 9.97 Å². The molecule has 1 aromatic rings. The summed E-state index contributed by atoms with van der Waals surface area (Å²) < 4.78 is 14.7. The molecule has 0 atom stereocenters. The summed E-state index contributed by atoms with van der Waals surface area (Å²) in [7, 11) is 0. The van der Waals surface area contributed by atoms with E-state index in [1.165, 1.54) is 0 Å². The minimum atomic E-state index is 0.0671. The van der Waals surface area contributed by atoms with Gasteiger partial charge in [-0.1, -0.05) is 0 Å². The van der Waals surface area contributed by atoms with Crippen LogP contribution in [0, 0.1) is 6.92 Å². The summed E-state index contributed by atoms with van der Waals surface area (Å²) in [4.78, 5) is 7.45. The summed E-state index contributed by atoms with van der Waals surface area (Å²) in [5.74, 6) is 0.457. The highest BCUT2D eigenvalue weighted by atomic mass is 79.9. The zero-order valence-electron chi connectivity index (χ0n) is 6.27. The molecule has 1 heterocycles. The van der Waals surface area contributed by atoms with Gasteiger partial charge in [0.15, 0.2) is 0 Å². The van der Waals surface area contributed by atoms with Crippen molar-refractivity contribution in [3.8, 4) is 0 Å². The fourth-order valence-electron chi connectivity index (χ4n) is 0.310. The van der Waals surface area contributed by atoms with Gasteiger partial charge in [0.25, 0.3) is 0 Å². The summed E-state index contributed by atoms with van der Waals surface area (Å²) in [5.41, 5.74) is 0. The van der Waals surface area contributed by atoms with E-state index in [-0.39, 0.29) is 12.3 Å². The average Bonchev–Trinajstić information content (AvgIpc) is 1.82. The third-order valence-corrected chi connectivity index (χ3v) is 0.986. The minimum Gasteiger partial charge on any atom is -0.241 e. The maximum atomic E-state index is 7.18. The molecule has 0 aliphatic heterocycles. The van der Waals surface area contributed by atoms with Crippen molar-refractivity contribution in [2.75, 3.05) is 0 Å². The molecular formula is C5H5BrN2. The summed E-state index contributed by atoms with van der Waals surface area (Å²) in [6, 6.07) is 0. The summed E-state index contributed by atoms with van der Waals surface area (Å²) >= 11 is 3.01. The molecule has 1 rings (SSSR count). The van der Waals surface area contributed by atoms with Gasteiger partial charge < -0.3 is 0 Å². The molecular weight excluding hydrogens is 168 g/mol. The molecule has 8 heavy (non-hydrogen) atoms. The van der Waals surface area contributed by atoms with Gasteiger partial charge in [0.2, 0.25) is 0 Å². The third-order valence-electron chi connectivity index (χ3n) is 0.632. The smallest absolute Gasteiger partial charge is 0.125 e. The van der Waals surface area contributed by atoms with E-state index in [0.29, 0.717) is 10.3 Å². The molecule has 0 bridgehead atoms. The zero-order chi connectivity index (χ0) is 7.72. The minimum absolute atomic E-state index is 0.0671. The molecule has 0 unspecified atom stereocenters. The second kappa shape index (κ2) is 2.22. The van der Waals surface area contributed by atoms with Crippen molar-refractivity contribution in [1.82, 2.24) is 9.97 Å². The highest BCUT2D eigenvalue weighted by molar-refractivity contribution is 9.10. The van der Waals surface area contributed by atoms with Crippen molar-refractivity contribution in [2.45, 2.75) is 6.92 Å². The second-order valence-corrected chi connectivity index (χ2v) is 2.10. The van der Waals surface area contributed by atoms with Crippen molar-refractivity contribution < 1.29 is 2.74 Å². The molecule has 42 valence electrons. The number of hydrogen-bond donors (Lipinski definition) is 0. The normalized spacial score (nSPS) is 12.8. The van der Waals surface area contributed by atoms with E-state index in [1.807, 2.05) is 0 Å². The van der Waals surface area contributed by atoms with E-state index in [1.54, 1.807) is 6.92 Å². The van der Waals surface area contributed by atoms with E-state index in [2.05, 4.69) is 25.9 Å². The lowest BCUT2D eigenvalue weighted by Gasteiger charge is -1.87. The standard InChI is InChI=1S/C5H5BrN2/c1-4-7-2-5(6)3-8-4/h2-3H,1H3/i2D,3D. The molecule has 0 aromatic carbocycles. The van der Waals surface area contributed by atoms with Crippen LogP contribution in [0.1, 0.15) is 8.57 Å². The Labute approximate surface area is 58.9 Å². The summed E-state index contributed by atoms with van der Waals surface area (Å²) in [6.07, 6.45) is 0.134. The van der Waals surface area contributed by atoms with Crippen molar-refractivity contribution in [3.63, 3.8) is 0 Å². The van der Waals surface area contributed by atoms with Crippen LogP contribution in [0.15, 0.2) is 16.8 Å². The lowest BCUT2D eigenvalue weighted by atomic mass is 10.6. The maximum absolute atomic E-state index is 7.18. The van der Waals surface area contributed by atoms with Gasteiger partial charge >= 0.3 is 0 Å². The van der Waals surface area contributed by atoms with E-state index in [9.17, 15) is 0 Å². The highest BCUT2D eigenvalue weighted by Gasteiger charge is 1.84. The van der Waals surface area contributed by atoms with Crippen molar-refractivity contribution in [2.24, 2.45) is 0 Å². The lowest BCUT2D eigenvalue weighted by Crippen LogP contribution is -1.82. The van der Waals surface area contributed by atoms with Crippen molar-refractivity contribution in [1.29, 1.82) is 0 Å². The van der Waals surface area contributed by atoms with Crippen LogP contribution in [0.4, 0.5) is 0 Å². The van der Waals surface area contributed by atoms with Gasteiger partial charge in [-0.2, -0.15) is 0 Å². The number of halogens is 1. The predicted molar refractivity (Wildman–Crippen MR) is 34.5 cm³/mol. The van der Waals surface area contributed by atoms with Crippen LogP contribution in [0.5, 0.6) is 0 Å². The Kier molecular flexibility index (Phi) is 0.987. The first-order chi connectivity index (χ1) is 4.61. The maximum Gasteiger partial charge on any atom is 0.125 e. The lowest BCUT2D eigenvalue weighted by molar-refractivity contribution is 1.04. The average molecular weight is 175 g/mol. The fraction of sp³-hybridized carbons (Fsp3) is 0.200. The van der Waals surface area contributed by atoms with Gasteiger partial charge in [-0.3, -0.25) is 0 Å². The van der Waals surface area contributed by atoms with Gasteiger partial charge in [0, 0.05) is 12.3 Å². The molecule has 3 heteroatoms. The number of nitrogens with zero attached hydrogens (tertiary/aromatic N) is 2. The Morgan fingerprint density at radius 2 is 2.12 bits per heavy atom. The highest BCUT2D eigenvalue weighted by Crippen LogP contribution is 2.02. The van der Waals surface area contributed by atoms with Crippen LogP contribution < -0.4 is 0 Å². The first-order valence-corrected chi connectivity index (χ1v) is 2.88. The zero-order valence-corrected chi connectivity index (χ0v) is 5.86. The number of aromatic nitrogens is 2. The molecule has 0 radical (unpaired) electrons. The molecule has 0 fully saturated rings. The number of hydrogen-bond acceptors (Lipinski definition) is 2. The Hall–Kier alpha value is -0.440.